The molecule has 0 radical (unpaired) electrons. The third kappa shape index (κ3) is 2.93. The maximum absolute atomic E-state index is 12.6. The zero-order valence-corrected chi connectivity index (χ0v) is 14.3. The summed E-state index contributed by atoms with van der Waals surface area (Å²) in [6.45, 7) is 3.61. The second-order valence-corrected chi connectivity index (χ2v) is 6.83. The van der Waals surface area contributed by atoms with Gasteiger partial charge in [0.05, 0.1) is 5.69 Å². The molecule has 1 amide bonds. The number of hydrogen-bond donors (Lipinski definition) is 1. The second kappa shape index (κ2) is 6.35. The minimum absolute atomic E-state index is 0.0807. The van der Waals surface area contributed by atoms with Gasteiger partial charge in [0.1, 0.15) is 5.69 Å². The summed E-state index contributed by atoms with van der Waals surface area (Å²) in [4.78, 5) is 20.3. The predicted octanol–water partition coefficient (Wildman–Crippen LogP) is 1.95. The van der Waals surface area contributed by atoms with Gasteiger partial charge in [0, 0.05) is 43.3 Å². The normalized spacial score (nSPS) is 16.5. The number of hydrazine groups is 1. The van der Waals surface area contributed by atoms with Crippen LogP contribution in [0.4, 0.5) is 0 Å². The Hall–Kier alpha value is -2.22. The number of rotatable bonds is 3. The van der Waals surface area contributed by atoms with Crippen LogP contribution >= 0.6 is 11.3 Å². The highest BCUT2D eigenvalue weighted by Crippen LogP contribution is 2.23. The molecule has 1 N–H and O–H groups in total. The van der Waals surface area contributed by atoms with Crippen LogP contribution in [0.2, 0.25) is 0 Å². The van der Waals surface area contributed by atoms with Gasteiger partial charge < -0.3 is 4.90 Å². The minimum Gasteiger partial charge on any atom is -0.304 e. The third-order valence-electron chi connectivity index (χ3n) is 4.27. The molecule has 4 rings (SSSR count). The topological polar surface area (TPSA) is 52.9 Å². The van der Waals surface area contributed by atoms with Crippen LogP contribution in [0, 0.1) is 0 Å². The van der Waals surface area contributed by atoms with Gasteiger partial charge >= 0.3 is 0 Å². The van der Waals surface area contributed by atoms with E-state index in [0.717, 1.165) is 42.4 Å². The summed E-state index contributed by atoms with van der Waals surface area (Å²) >= 11 is 1.48. The summed E-state index contributed by atoms with van der Waals surface area (Å²) in [6, 6.07) is 10.0. The van der Waals surface area contributed by atoms with Gasteiger partial charge in [-0.2, -0.15) is 0 Å². The number of thiazole rings is 1. The molecule has 0 spiro atoms. The van der Waals surface area contributed by atoms with E-state index in [1.54, 1.807) is 0 Å². The highest BCUT2D eigenvalue weighted by Gasteiger charge is 2.19. The number of carbonyl (C=O) groups is 1. The molecule has 0 aliphatic carbocycles. The predicted molar refractivity (Wildman–Crippen MR) is 95.0 cm³/mol. The first-order chi connectivity index (χ1) is 11.7. The molecule has 0 unspecified atom stereocenters. The standard InChI is InChI=1S/C17H19N5OS/c1-20-7-9-21(10-8-20)19-16(23)15-12-24-17-18-14(11-22(15)17)13-5-3-2-4-6-13/h2-6,11-12H,7-10H2,1H3,(H,19,23). The van der Waals surface area contributed by atoms with E-state index >= 15 is 0 Å². The fourth-order valence-electron chi connectivity index (χ4n) is 2.81. The smallest absolute Gasteiger partial charge is 0.283 e. The molecule has 0 atom stereocenters. The van der Waals surface area contributed by atoms with Gasteiger partial charge in [0.2, 0.25) is 0 Å². The van der Waals surface area contributed by atoms with Crippen LogP contribution in [0.25, 0.3) is 16.2 Å². The number of carbonyl (C=O) groups excluding carboxylic acids is 1. The van der Waals surface area contributed by atoms with Crippen molar-refractivity contribution in [3.8, 4) is 11.3 Å². The summed E-state index contributed by atoms with van der Waals surface area (Å²) in [5.74, 6) is -0.0807. The van der Waals surface area contributed by atoms with Gasteiger partial charge in [-0.3, -0.25) is 14.6 Å². The fraction of sp³-hybridized carbons (Fsp3) is 0.294. The second-order valence-electron chi connectivity index (χ2n) is 6.00. The van der Waals surface area contributed by atoms with E-state index in [4.69, 9.17) is 0 Å². The highest BCUT2D eigenvalue weighted by atomic mass is 32.1. The molecular weight excluding hydrogens is 322 g/mol. The number of benzene rings is 1. The number of nitrogens with zero attached hydrogens (tertiary/aromatic N) is 4. The molecule has 1 aromatic carbocycles. The monoisotopic (exact) mass is 341 g/mol. The van der Waals surface area contributed by atoms with Crippen molar-refractivity contribution in [3.63, 3.8) is 0 Å². The number of likely N-dealkylation sites (N-methyl/N-ethyl adjacent to an activating group) is 1. The Bertz CT molecular complexity index is 848. The van der Waals surface area contributed by atoms with Gasteiger partial charge in [-0.1, -0.05) is 30.3 Å². The number of amides is 1. The molecule has 124 valence electrons. The van der Waals surface area contributed by atoms with E-state index in [1.807, 2.05) is 51.3 Å². The number of piperazine rings is 1. The molecular formula is C17H19N5OS. The Kier molecular flexibility index (Phi) is 4.05. The number of nitrogens with one attached hydrogen (secondary N) is 1. The molecule has 1 aliphatic heterocycles. The number of imidazole rings is 1. The average Bonchev–Trinajstić information content (AvgIpc) is 3.18. The lowest BCUT2D eigenvalue weighted by atomic mass is 10.2. The molecule has 2 aromatic heterocycles. The number of hydrogen-bond acceptors (Lipinski definition) is 5. The molecule has 1 fully saturated rings. The Labute approximate surface area is 144 Å². The molecule has 24 heavy (non-hydrogen) atoms. The average molecular weight is 341 g/mol. The molecule has 6 nitrogen and oxygen atoms in total. The van der Waals surface area contributed by atoms with E-state index in [0.29, 0.717) is 5.69 Å². The van der Waals surface area contributed by atoms with Crippen LogP contribution in [-0.4, -0.2) is 58.4 Å². The Morgan fingerprint density at radius 3 is 2.67 bits per heavy atom. The lowest BCUT2D eigenvalue weighted by Gasteiger charge is -2.32. The summed E-state index contributed by atoms with van der Waals surface area (Å²) in [6.07, 6.45) is 1.93. The van der Waals surface area contributed by atoms with Crippen molar-refractivity contribution in [2.45, 2.75) is 0 Å². The Morgan fingerprint density at radius 1 is 1.17 bits per heavy atom. The van der Waals surface area contributed by atoms with Crippen molar-refractivity contribution in [3.05, 3.63) is 47.6 Å². The molecule has 1 aliphatic rings. The lowest BCUT2D eigenvalue weighted by Crippen LogP contribution is -2.52. The lowest BCUT2D eigenvalue weighted by molar-refractivity contribution is 0.0657. The molecule has 7 heteroatoms. The molecule has 3 heterocycles. The van der Waals surface area contributed by atoms with Crippen molar-refractivity contribution in [1.82, 2.24) is 24.7 Å². The number of fused-ring (bicyclic) bond motifs is 1. The molecule has 0 bridgehead atoms. The van der Waals surface area contributed by atoms with Gasteiger partial charge in [-0.25, -0.2) is 9.99 Å². The van der Waals surface area contributed by atoms with E-state index in [-0.39, 0.29) is 5.91 Å². The van der Waals surface area contributed by atoms with Crippen LogP contribution in [-0.2, 0) is 0 Å². The third-order valence-corrected chi connectivity index (χ3v) is 5.11. The summed E-state index contributed by atoms with van der Waals surface area (Å²) in [7, 11) is 2.10. The van der Waals surface area contributed by atoms with Crippen LogP contribution < -0.4 is 5.43 Å². The maximum atomic E-state index is 12.6. The van der Waals surface area contributed by atoms with E-state index in [1.165, 1.54) is 11.3 Å². The van der Waals surface area contributed by atoms with E-state index < -0.39 is 0 Å². The first-order valence-corrected chi connectivity index (χ1v) is 8.85. The van der Waals surface area contributed by atoms with Crippen molar-refractivity contribution >= 4 is 22.2 Å². The largest absolute Gasteiger partial charge is 0.304 e. The van der Waals surface area contributed by atoms with Crippen LogP contribution in [0.1, 0.15) is 10.5 Å². The zero-order valence-electron chi connectivity index (χ0n) is 13.5. The minimum atomic E-state index is -0.0807. The SMILES string of the molecule is CN1CCN(NC(=O)c2csc3nc(-c4ccccc4)cn23)CC1. The molecule has 3 aromatic rings. The Balaban J connectivity index is 1.56. The van der Waals surface area contributed by atoms with Crippen molar-refractivity contribution < 1.29 is 4.79 Å². The zero-order chi connectivity index (χ0) is 16.5. The van der Waals surface area contributed by atoms with Gasteiger partial charge in [0.15, 0.2) is 4.96 Å². The van der Waals surface area contributed by atoms with Crippen LogP contribution in [0.5, 0.6) is 0 Å². The van der Waals surface area contributed by atoms with E-state index in [2.05, 4.69) is 22.4 Å². The molecule has 1 saturated heterocycles. The highest BCUT2D eigenvalue weighted by molar-refractivity contribution is 7.15. The molecule has 0 saturated carbocycles. The van der Waals surface area contributed by atoms with E-state index in [9.17, 15) is 4.79 Å². The van der Waals surface area contributed by atoms with Crippen molar-refractivity contribution in [1.29, 1.82) is 0 Å². The van der Waals surface area contributed by atoms with Crippen molar-refractivity contribution in [2.24, 2.45) is 0 Å². The summed E-state index contributed by atoms with van der Waals surface area (Å²) < 4.78 is 1.87. The number of aromatic nitrogens is 2. The van der Waals surface area contributed by atoms with Gasteiger partial charge in [-0.15, -0.1) is 11.3 Å². The van der Waals surface area contributed by atoms with Crippen LogP contribution in [0.3, 0.4) is 0 Å². The fourth-order valence-corrected chi connectivity index (χ4v) is 3.67. The van der Waals surface area contributed by atoms with Crippen molar-refractivity contribution in [2.75, 3.05) is 33.2 Å². The van der Waals surface area contributed by atoms with Gasteiger partial charge in [0.25, 0.3) is 5.91 Å². The first-order valence-electron chi connectivity index (χ1n) is 7.97. The first kappa shape index (κ1) is 15.3. The van der Waals surface area contributed by atoms with Crippen LogP contribution in [0.15, 0.2) is 41.9 Å². The maximum Gasteiger partial charge on any atom is 0.283 e. The quantitative estimate of drug-likeness (QED) is 0.791. The van der Waals surface area contributed by atoms with Gasteiger partial charge in [-0.05, 0) is 7.05 Å². The summed E-state index contributed by atoms with van der Waals surface area (Å²) in [5, 5.41) is 3.85. The Morgan fingerprint density at radius 2 is 1.92 bits per heavy atom. The summed E-state index contributed by atoms with van der Waals surface area (Å²) in [5.41, 5.74) is 5.58.